The van der Waals surface area contributed by atoms with Crippen LogP contribution in [0.25, 0.3) is 0 Å². The van der Waals surface area contributed by atoms with Gasteiger partial charge in [0, 0.05) is 17.8 Å². The lowest BCUT2D eigenvalue weighted by molar-refractivity contribution is 0.486. The second-order valence-electron chi connectivity index (χ2n) is 6.62. The number of hydrogen-bond donors (Lipinski definition) is 2. The Morgan fingerprint density at radius 2 is 2.11 bits per heavy atom. The molecular weight excluding hydrogens is 382 g/mol. The van der Waals surface area contributed by atoms with Crippen LogP contribution in [0.15, 0.2) is 35.4 Å². The molecule has 0 radical (unpaired) electrons. The van der Waals surface area contributed by atoms with Crippen LogP contribution in [0.2, 0.25) is 0 Å². The van der Waals surface area contributed by atoms with E-state index in [-0.39, 0.29) is 17.5 Å². The number of nitrogens with zero attached hydrogens (tertiary/aromatic N) is 3. The number of thiocarbonyl (C=S) groups is 1. The van der Waals surface area contributed by atoms with E-state index in [1.54, 1.807) is 6.21 Å². The van der Waals surface area contributed by atoms with E-state index >= 15 is 0 Å². The zero-order valence-electron chi connectivity index (χ0n) is 15.3. The fourth-order valence-electron chi connectivity index (χ4n) is 3.16. The van der Waals surface area contributed by atoms with Gasteiger partial charge in [-0.25, -0.2) is 8.42 Å². The van der Waals surface area contributed by atoms with Gasteiger partial charge in [0.15, 0.2) is 14.9 Å². The predicted molar refractivity (Wildman–Crippen MR) is 111 cm³/mol. The maximum absolute atomic E-state index is 11.7. The smallest absolute Gasteiger partial charge is 0.187 e. The highest BCUT2D eigenvalue weighted by Crippen LogP contribution is 2.26. The molecule has 2 heterocycles. The van der Waals surface area contributed by atoms with Gasteiger partial charge in [0.05, 0.1) is 29.5 Å². The fourth-order valence-corrected chi connectivity index (χ4v) is 4.98. The third-order valence-electron chi connectivity index (χ3n) is 4.59. The lowest BCUT2D eigenvalue weighted by Gasteiger charge is -2.10. The summed E-state index contributed by atoms with van der Waals surface area (Å²) >= 11 is 5.23. The van der Waals surface area contributed by atoms with Crippen LogP contribution in [0.4, 0.5) is 0 Å². The third kappa shape index (κ3) is 4.92. The highest BCUT2D eigenvalue weighted by molar-refractivity contribution is 7.91. The summed E-state index contributed by atoms with van der Waals surface area (Å²) in [5, 5.41) is 12.2. The van der Waals surface area contributed by atoms with E-state index in [0.29, 0.717) is 18.1 Å². The van der Waals surface area contributed by atoms with E-state index in [9.17, 15) is 8.42 Å². The van der Waals surface area contributed by atoms with E-state index in [2.05, 4.69) is 20.9 Å². The molecule has 0 unspecified atom stereocenters. The Morgan fingerprint density at radius 1 is 1.37 bits per heavy atom. The summed E-state index contributed by atoms with van der Waals surface area (Å²) in [5.74, 6) is 0.375. The van der Waals surface area contributed by atoms with Crippen molar-refractivity contribution in [2.75, 3.05) is 11.5 Å². The van der Waals surface area contributed by atoms with Crippen LogP contribution < -0.4 is 10.7 Å². The molecule has 7 nitrogen and oxygen atoms in total. The van der Waals surface area contributed by atoms with Gasteiger partial charge in [0.1, 0.15) is 0 Å². The van der Waals surface area contributed by atoms with Crippen molar-refractivity contribution in [3.8, 4) is 0 Å². The van der Waals surface area contributed by atoms with Gasteiger partial charge in [-0.15, -0.1) is 0 Å². The first-order valence-electron chi connectivity index (χ1n) is 8.72. The van der Waals surface area contributed by atoms with E-state index in [4.69, 9.17) is 12.2 Å². The molecule has 9 heteroatoms. The molecule has 27 heavy (non-hydrogen) atoms. The van der Waals surface area contributed by atoms with Crippen LogP contribution in [0.1, 0.15) is 35.0 Å². The number of hydrogen-bond acceptors (Lipinski definition) is 5. The van der Waals surface area contributed by atoms with Crippen molar-refractivity contribution in [2.45, 2.75) is 32.9 Å². The molecule has 1 aliphatic rings. The van der Waals surface area contributed by atoms with Crippen molar-refractivity contribution in [1.82, 2.24) is 20.5 Å². The summed E-state index contributed by atoms with van der Waals surface area (Å²) in [7, 11) is -2.95. The Morgan fingerprint density at radius 3 is 2.78 bits per heavy atom. The number of sulfone groups is 1. The van der Waals surface area contributed by atoms with Gasteiger partial charge in [0.2, 0.25) is 0 Å². The Kier molecular flexibility index (Phi) is 5.91. The number of hydrazone groups is 1. The summed E-state index contributed by atoms with van der Waals surface area (Å²) in [4.78, 5) is 0. The van der Waals surface area contributed by atoms with Crippen LogP contribution >= 0.6 is 12.2 Å². The lowest BCUT2D eigenvalue weighted by atomic mass is 10.2. The van der Waals surface area contributed by atoms with Crippen molar-refractivity contribution in [2.24, 2.45) is 5.10 Å². The highest BCUT2D eigenvalue weighted by atomic mass is 32.2. The minimum absolute atomic E-state index is 0.0996. The van der Waals surface area contributed by atoms with Gasteiger partial charge in [-0.1, -0.05) is 30.3 Å². The van der Waals surface area contributed by atoms with Gasteiger partial charge in [0.25, 0.3) is 0 Å². The molecule has 1 aliphatic heterocycles. The van der Waals surface area contributed by atoms with Crippen LogP contribution in [-0.2, 0) is 16.4 Å². The minimum atomic E-state index is -2.95. The first-order chi connectivity index (χ1) is 12.9. The maximum Gasteiger partial charge on any atom is 0.187 e. The van der Waals surface area contributed by atoms with Gasteiger partial charge in [-0.2, -0.15) is 10.2 Å². The SMILES string of the molecule is Cc1nn([C@H]2CCS(=O)(=O)C2)c(C)c1/C=N\NC(=S)NCc1ccccc1. The summed E-state index contributed by atoms with van der Waals surface area (Å²) in [6, 6.07) is 9.86. The molecule has 1 atom stereocenters. The normalized spacial score (nSPS) is 18.7. The average Bonchev–Trinajstić information content (AvgIpc) is 3.14. The topological polar surface area (TPSA) is 88.4 Å². The molecule has 1 aromatic carbocycles. The molecule has 1 aromatic heterocycles. The molecule has 2 aromatic rings. The van der Waals surface area contributed by atoms with E-state index < -0.39 is 9.84 Å². The zero-order chi connectivity index (χ0) is 19.4. The Balaban J connectivity index is 1.59. The summed E-state index contributed by atoms with van der Waals surface area (Å²) in [5.41, 5.74) is 6.52. The van der Waals surface area contributed by atoms with Crippen LogP contribution in [0, 0.1) is 13.8 Å². The van der Waals surface area contributed by atoms with E-state index in [1.165, 1.54) is 0 Å². The van der Waals surface area contributed by atoms with Crippen LogP contribution in [0.5, 0.6) is 0 Å². The lowest BCUT2D eigenvalue weighted by Crippen LogP contribution is -2.31. The van der Waals surface area contributed by atoms with Crippen molar-refractivity contribution in [3.05, 3.63) is 52.8 Å². The first-order valence-corrected chi connectivity index (χ1v) is 11.0. The second-order valence-corrected chi connectivity index (χ2v) is 9.26. The summed E-state index contributed by atoms with van der Waals surface area (Å²) in [6.07, 6.45) is 2.28. The molecule has 0 amide bonds. The van der Waals surface area contributed by atoms with Crippen LogP contribution in [0.3, 0.4) is 0 Å². The molecule has 1 saturated heterocycles. The molecule has 0 aliphatic carbocycles. The first kappa shape index (κ1) is 19.5. The monoisotopic (exact) mass is 405 g/mol. The van der Waals surface area contributed by atoms with Crippen molar-refractivity contribution < 1.29 is 8.42 Å². The zero-order valence-corrected chi connectivity index (χ0v) is 17.0. The molecule has 3 rings (SSSR count). The number of benzene rings is 1. The number of rotatable bonds is 5. The van der Waals surface area contributed by atoms with Crippen molar-refractivity contribution in [3.63, 3.8) is 0 Å². The van der Waals surface area contributed by atoms with Gasteiger partial charge in [-0.05, 0) is 38.0 Å². The molecule has 0 saturated carbocycles. The molecular formula is C18H23N5O2S2. The Bertz CT molecular complexity index is 952. The van der Waals surface area contributed by atoms with Gasteiger partial charge >= 0.3 is 0 Å². The maximum atomic E-state index is 11.7. The number of aryl methyl sites for hydroxylation is 1. The number of nitrogens with one attached hydrogen (secondary N) is 2. The Hall–Kier alpha value is -2.26. The van der Waals surface area contributed by atoms with Gasteiger partial charge < -0.3 is 5.32 Å². The molecule has 2 N–H and O–H groups in total. The molecule has 0 bridgehead atoms. The van der Waals surface area contributed by atoms with E-state index in [0.717, 1.165) is 22.5 Å². The highest BCUT2D eigenvalue weighted by Gasteiger charge is 2.31. The standard InChI is InChI=1S/C18H23N5O2S2/c1-13-17(14(2)23(22-13)16-8-9-27(24,25)12-16)11-20-21-18(26)19-10-15-6-4-3-5-7-15/h3-7,11,16H,8-10,12H2,1-2H3,(H2,19,21,26)/b20-11-/t16-/m0/s1. The summed E-state index contributed by atoms with van der Waals surface area (Å²) < 4.78 is 25.3. The number of aromatic nitrogens is 2. The average molecular weight is 406 g/mol. The van der Waals surface area contributed by atoms with E-state index in [1.807, 2.05) is 48.9 Å². The fraction of sp³-hybridized carbons (Fsp3) is 0.389. The third-order valence-corrected chi connectivity index (χ3v) is 6.58. The summed E-state index contributed by atoms with van der Waals surface area (Å²) in [6.45, 7) is 4.44. The minimum Gasteiger partial charge on any atom is -0.357 e. The molecule has 1 fully saturated rings. The molecule has 0 spiro atoms. The van der Waals surface area contributed by atoms with Crippen molar-refractivity contribution in [1.29, 1.82) is 0 Å². The molecule has 144 valence electrons. The van der Waals surface area contributed by atoms with Gasteiger partial charge in [-0.3, -0.25) is 10.1 Å². The predicted octanol–water partition coefficient (Wildman–Crippen LogP) is 1.86. The van der Waals surface area contributed by atoms with Crippen molar-refractivity contribution >= 4 is 33.4 Å². The quantitative estimate of drug-likeness (QED) is 0.448. The second kappa shape index (κ2) is 8.18. The van der Waals surface area contributed by atoms with Crippen LogP contribution in [-0.4, -0.2) is 41.0 Å². The Labute approximate surface area is 164 Å². The largest absolute Gasteiger partial charge is 0.357 e.